The number of ether oxygens (including phenoxy) is 2. The lowest BCUT2D eigenvalue weighted by atomic mass is 10.0. The minimum atomic E-state index is -4.52. The van der Waals surface area contributed by atoms with Gasteiger partial charge in [-0.25, -0.2) is 4.98 Å². The Morgan fingerprint density at radius 3 is 2.58 bits per heavy atom. The molecule has 0 aliphatic carbocycles. The van der Waals surface area contributed by atoms with E-state index in [2.05, 4.69) is 10.1 Å². The van der Waals surface area contributed by atoms with E-state index in [9.17, 15) is 18.0 Å². The van der Waals surface area contributed by atoms with Crippen LogP contribution in [0.1, 0.15) is 30.0 Å². The molecule has 2 aliphatic heterocycles. The summed E-state index contributed by atoms with van der Waals surface area (Å²) in [5.74, 6) is 1.32. The fourth-order valence-electron chi connectivity index (χ4n) is 4.14. The number of alkyl halides is 3. The van der Waals surface area contributed by atoms with Crippen molar-refractivity contribution in [1.82, 2.24) is 14.8 Å². The van der Waals surface area contributed by atoms with Crippen LogP contribution < -0.4 is 19.9 Å². The van der Waals surface area contributed by atoms with E-state index in [1.54, 1.807) is 0 Å². The molecule has 1 fully saturated rings. The van der Waals surface area contributed by atoms with Gasteiger partial charge in [-0.05, 0) is 42.7 Å². The Kier molecular flexibility index (Phi) is 5.40. The number of halogens is 4. The molecule has 33 heavy (non-hydrogen) atoms. The number of rotatable bonds is 3. The van der Waals surface area contributed by atoms with Gasteiger partial charge in [0.1, 0.15) is 18.2 Å². The highest BCUT2D eigenvalue weighted by Gasteiger charge is 2.32. The van der Waals surface area contributed by atoms with E-state index in [0.29, 0.717) is 43.1 Å². The van der Waals surface area contributed by atoms with Crippen molar-refractivity contribution in [3.8, 4) is 17.3 Å². The van der Waals surface area contributed by atoms with Crippen LogP contribution in [0.25, 0.3) is 5.82 Å². The predicted molar refractivity (Wildman–Crippen MR) is 114 cm³/mol. The zero-order chi connectivity index (χ0) is 23.2. The van der Waals surface area contributed by atoms with Gasteiger partial charge in [0.15, 0.2) is 17.3 Å². The zero-order valence-electron chi connectivity index (χ0n) is 17.2. The molecule has 1 aromatic carbocycles. The van der Waals surface area contributed by atoms with Gasteiger partial charge in [-0.15, -0.1) is 0 Å². The molecule has 5 rings (SSSR count). The average Bonchev–Trinajstić information content (AvgIpc) is 3.30. The minimum absolute atomic E-state index is 0.0421. The first-order valence-electron chi connectivity index (χ1n) is 10.3. The van der Waals surface area contributed by atoms with Gasteiger partial charge >= 0.3 is 6.18 Å². The Morgan fingerprint density at radius 2 is 1.85 bits per heavy atom. The van der Waals surface area contributed by atoms with E-state index in [1.165, 1.54) is 6.20 Å². The Balaban J connectivity index is 1.46. The fourth-order valence-corrected chi connectivity index (χ4v) is 4.37. The average molecular weight is 479 g/mol. The van der Waals surface area contributed by atoms with Gasteiger partial charge in [-0.2, -0.15) is 23.0 Å². The Bertz CT molecular complexity index is 1250. The highest BCUT2D eigenvalue weighted by atomic mass is 35.5. The van der Waals surface area contributed by atoms with Crippen molar-refractivity contribution < 1.29 is 22.6 Å². The summed E-state index contributed by atoms with van der Waals surface area (Å²) in [6, 6.07) is 7.66. The lowest BCUT2D eigenvalue weighted by molar-refractivity contribution is -0.137. The maximum atomic E-state index is 12.9. The number of benzene rings is 1. The number of anilines is 1. The molecule has 0 N–H and O–H groups in total. The zero-order valence-corrected chi connectivity index (χ0v) is 17.9. The molecule has 0 amide bonds. The van der Waals surface area contributed by atoms with Gasteiger partial charge in [0.2, 0.25) is 0 Å². The first kappa shape index (κ1) is 21.6. The van der Waals surface area contributed by atoms with E-state index in [1.807, 2.05) is 23.1 Å². The molecule has 2 aromatic heterocycles. The Morgan fingerprint density at radius 1 is 1.06 bits per heavy atom. The summed E-state index contributed by atoms with van der Waals surface area (Å²) in [6.07, 6.45) is -0.689. The molecule has 0 bridgehead atoms. The molecule has 0 radical (unpaired) electrons. The minimum Gasteiger partial charge on any atom is -0.486 e. The Labute approximate surface area is 191 Å². The molecule has 0 unspecified atom stereocenters. The van der Waals surface area contributed by atoms with Crippen molar-refractivity contribution in [3.05, 3.63) is 69.2 Å². The summed E-state index contributed by atoms with van der Waals surface area (Å²) in [7, 11) is 0. The largest absolute Gasteiger partial charge is 0.486 e. The molecule has 0 spiro atoms. The number of nitrogens with zero attached hydrogens (tertiary/aromatic N) is 4. The first-order valence-corrected chi connectivity index (χ1v) is 10.7. The quantitative estimate of drug-likeness (QED) is 0.555. The summed E-state index contributed by atoms with van der Waals surface area (Å²) in [6.45, 7) is 1.66. The van der Waals surface area contributed by atoms with Crippen LogP contribution >= 0.6 is 11.6 Å². The van der Waals surface area contributed by atoms with E-state index in [4.69, 9.17) is 21.1 Å². The number of aromatic nitrogens is 3. The summed E-state index contributed by atoms with van der Waals surface area (Å²) in [5, 5.41) is 4.06. The summed E-state index contributed by atoms with van der Waals surface area (Å²) < 4.78 is 50.6. The third-order valence-electron chi connectivity index (χ3n) is 5.71. The summed E-state index contributed by atoms with van der Waals surface area (Å²) in [4.78, 5) is 18.6. The molecule has 0 saturated carbocycles. The van der Waals surface area contributed by atoms with Crippen LogP contribution in [0.3, 0.4) is 0 Å². The van der Waals surface area contributed by atoms with Crippen LogP contribution in [0, 0.1) is 0 Å². The molecule has 1 saturated heterocycles. The van der Waals surface area contributed by atoms with Gasteiger partial charge in [0, 0.05) is 12.7 Å². The van der Waals surface area contributed by atoms with Crippen LogP contribution in [0.4, 0.5) is 18.9 Å². The second kappa shape index (κ2) is 8.26. The fraction of sp³-hybridized carbons (Fsp3) is 0.318. The van der Waals surface area contributed by atoms with Crippen LogP contribution in [0.5, 0.6) is 11.5 Å². The van der Waals surface area contributed by atoms with Crippen LogP contribution in [-0.2, 0) is 6.18 Å². The van der Waals surface area contributed by atoms with Crippen molar-refractivity contribution in [3.63, 3.8) is 0 Å². The summed E-state index contributed by atoms with van der Waals surface area (Å²) in [5.41, 5.74) is -0.112. The van der Waals surface area contributed by atoms with Gasteiger partial charge < -0.3 is 14.4 Å². The predicted octanol–water partition coefficient (Wildman–Crippen LogP) is 4.41. The third kappa shape index (κ3) is 3.99. The normalized spacial score (nSPS) is 17.9. The van der Waals surface area contributed by atoms with E-state index < -0.39 is 17.3 Å². The number of hydrogen-bond donors (Lipinski definition) is 0. The number of fused-ring (bicyclic) bond motifs is 1. The highest BCUT2D eigenvalue weighted by Crippen LogP contribution is 2.41. The second-order valence-electron chi connectivity index (χ2n) is 7.72. The van der Waals surface area contributed by atoms with Crippen LogP contribution in [-0.4, -0.2) is 34.5 Å². The molecule has 11 heteroatoms. The maximum absolute atomic E-state index is 12.9. The van der Waals surface area contributed by atoms with Crippen molar-refractivity contribution >= 4 is 17.3 Å². The third-order valence-corrected chi connectivity index (χ3v) is 6.06. The second-order valence-corrected chi connectivity index (χ2v) is 8.10. The van der Waals surface area contributed by atoms with Crippen LogP contribution in [0.15, 0.2) is 47.5 Å². The Hall–Kier alpha value is -3.27. The molecular weight excluding hydrogens is 461 g/mol. The topological polar surface area (TPSA) is 69.5 Å². The highest BCUT2D eigenvalue weighted by molar-refractivity contribution is 6.33. The monoisotopic (exact) mass is 478 g/mol. The molecule has 1 atom stereocenters. The van der Waals surface area contributed by atoms with Gasteiger partial charge in [-0.1, -0.05) is 17.7 Å². The first-order chi connectivity index (χ1) is 15.8. The van der Waals surface area contributed by atoms with Crippen LogP contribution in [0.2, 0.25) is 5.02 Å². The van der Waals surface area contributed by atoms with E-state index in [-0.39, 0.29) is 16.9 Å². The molecule has 7 nitrogen and oxygen atoms in total. The maximum Gasteiger partial charge on any atom is 0.417 e. The molecule has 4 heterocycles. The number of pyridine rings is 1. The van der Waals surface area contributed by atoms with Crippen molar-refractivity contribution in [2.24, 2.45) is 0 Å². The van der Waals surface area contributed by atoms with Gasteiger partial charge in [0.05, 0.1) is 23.5 Å². The molecule has 2 aliphatic rings. The van der Waals surface area contributed by atoms with Gasteiger partial charge in [-0.3, -0.25) is 4.79 Å². The van der Waals surface area contributed by atoms with E-state index >= 15 is 0 Å². The molecule has 3 aromatic rings. The van der Waals surface area contributed by atoms with Crippen molar-refractivity contribution in [1.29, 1.82) is 0 Å². The smallest absolute Gasteiger partial charge is 0.417 e. The molecule has 172 valence electrons. The van der Waals surface area contributed by atoms with Crippen molar-refractivity contribution in [2.45, 2.75) is 25.1 Å². The SMILES string of the molecule is O=c1c(Cl)c(N2CCC[C@H]2c2ccc3c(c2)OCCO3)cnn1-c1ccc(C(F)(F)F)cn1. The van der Waals surface area contributed by atoms with Gasteiger partial charge in [0.25, 0.3) is 5.56 Å². The molecular formula is C22H18ClF3N4O3. The van der Waals surface area contributed by atoms with Crippen molar-refractivity contribution in [2.75, 3.05) is 24.7 Å². The lowest BCUT2D eigenvalue weighted by Crippen LogP contribution is -2.29. The van der Waals surface area contributed by atoms with E-state index in [0.717, 1.165) is 35.2 Å². The number of hydrogen-bond acceptors (Lipinski definition) is 6. The summed E-state index contributed by atoms with van der Waals surface area (Å²) >= 11 is 6.43. The lowest BCUT2D eigenvalue weighted by Gasteiger charge is -2.28. The standard InChI is InChI=1S/C22H18ClF3N4O3/c23-20-16(12-28-30(21(20)31)19-6-4-14(11-27-19)22(24,25)26)29-7-1-2-15(29)13-3-5-17-18(10-13)33-9-8-32-17/h3-6,10-12,15H,1-2,7-9H2/t15-/m0/s1.